The molecule has 0 spiro atoms. The molecule has 0 radical (unpaired) electrons. The van der Waals surface area contributed by atoms with Crippen molar-refractivity contribution in [2.75, 3.05) is 62.6 Å². The van der Waals surface area contributed by atoms with Crippen LogP contribution in [0.1, 0.15) is 66.0 Å². The highest BCUT2D eigenvalue weighted by Crippen LogP contribution is 2.33. The van der Waals surface area contributed by atoms with Gasteiger partial charge in [-0.2, -0.15) is 0 Å². The number of hydrogen-bond donors (Lipinski definition) is 3. The number of primary amides is 1. The van der Waals surface area contributed by atoms with E-state index in [2.05, 4.69) is 62.9 Å². The van der Waals surface area contributed by atoms with Gasteiger partial charge in [0.15, 0.2) is 11.5 Å². The molecule has 3 N–H and O–H groups in total. The summed E-state index contributed by atoms with van der Waals surface area (Å²) >= 11 is 4.49. The molecular weight excluding hydrogens is 548 g/mol. The molecule has 226 valence electrons. The number of amides is 2. The van der Waals surface area contributed by atoms with Crippen molar-refractivity contribution < 1.29 is 9.59 Å². The lowest BCUT2D eigenvalue weighted by Crippen LogP contribution is -2.51. The third kappa shape index (κ3) is 6.74. The zero-order chi connectivity index (χ0) is 29.8. The maximum atomic E-state index is 12.4. The summed E-state index contributed by atoms with van der Waals surface area (Å²) in [6, 6.07) is 6.94. The van der Waals surface area contributed by atoms with Crippen molar-refractivity contribution in [2.45, 2.75) is 57.9 Å². The fourth-order valence-electron chi connectivity index (χ4n) is 6.60. The summed E-state index contributed by atoms with van der Waals surface area (Å²) in [5.41, 5.74) is 10.8. The third-order valence-electron chi connectivity index (χ3n) is 9.01. The smallest absolute Gasteiger partial charge is 0.271 e. The number of piperazine rings is 1. The Balaban J connectivity index is 1.29. The molecule has 0 atom stereocenters. The maximum Gasteiger partial charge on any atom is 0.271 e. The third-order valence-corrected chi connectivity index (χ3v) is 9.41. The number of anilines is 3. The van der Waals surface area contributed by atoms with Crippen LogP contribution in [0.2, 0.25) is 0 Å². The number of hydrogen-bond acceptors (Lipinski definition) is 9. The minimum Gasteiger partial charge on any atom is -0.371 e. The maximum absolute atomic E-state index is 12.4. The van der Waals surface area contributed by atoms with Crippen LogP contribution in [0, 0.1) is 6.92 Å². The number of carbonyl (C=O) groups is 2. The number of likely N-dealkylation sites (tertiary alicyclic amines) is 1. The summed E-state index contributed by atoms with van der Waals surface area (Å²) in [5, 5.41) is 3.36. The second-order valence-electron chi connectivity index (χ2n) is 11.6. The van der Waals surface area contributed by atoms with E-state index in [1.165, 1.54) is 17.3 Å². The number of aryl methyl sites for hydroxylation is 2. The van der Waals surface area contributed by atoms with Crippen LogP contribution in [0.15, 0.2) is 30.9 Å². The van der Waals surface area contributed by atoms with Crippen LogP contribution in [-0.2, 0) is 11.2 Å². The predicted octanol–water partition coefficient (Wildman–Crippen LogP) is 3.51. The van der Waals surface area contributed by atoms with Crippen LogP contribution in [0.3, 0.4) is 0 Å². The number of rotatable bonds is 8. The number of nitrogens with zero attached hydrogens (tertiary/aromatic N) is 6. The van der Waals surface area contributed by atoms with Crippen LogP contribution in [0.25, 0.3) is 0 Å². The van der Waals surface area contributed by atoms with Gasteiger partial charge in [0.1, 0.15) is 0 Å². The molecule has 3 aliphatic heterocycles. The molecule has 1 aromatic heterocycles. The average Bonchev–Trinajstić information content (AvgIpc) is 3.01. The van der Waals surface area contributed by atoms with Gasteiger partial charge in [0.25, 0.3) is 5.91 Å². The van der Waals surface area contributed by atoms with Crippen molar-refractivity contribution in [3.63, 3.8) is 0 Å². The Labute approximate surface area is 254 Å². The second-order valence-corrected chi connectivity index (χ2v) is 12.2. The summed E-state index contributed by atoms with van der Waals surface area (Å²) in [5.74, 6) is -0.118. The monoisotopic (exact) mass is 592 g/mol. The molecule has 4 heterocycles. The Kier molecular flexibility index (Phi) is 9.70. The van der Waals surface area contributed by atoms with Gasteiger partial charge in [0.2, 0.25) is 5.91 Å². The van der Waals surface area contributed by atoms with Gasteiger partial charge in [0, 0.05) is 75.7 Å². The molecule has 0 unspecified atom stereocenters. The number of benzene rings is 1. The van der Waals surface area contributed by atoms with Gasteiger partial charge in [-0.3, -0.25) is 18.8 Å². The first-order chi connectivity index (χ1) is 20.3. The topological polar surface area (TPSA) is 111 Å². The highest BCUT2D eigenvalue weighted by molar-refractivity contribution is 7.77. The van der Waals surface area contributed by atoms with E-state index >= 15 is 0 Å². The van der Waals surface area contributed by atoms with Crippen molar-refractivity contribution in [1.82, 2.24) is 24.1 Å². The van der Waals surface area contributed by atoms with E-state index in [1.807, 2.05) is 17.9 Å². The van der Waals surface area contributed by atoms with E-state index in [1.54, 1.807) is 0 Å². The van der Waals surface area contributed by atoms with Crippen molar-refractivity contribution in [1.29, 1.82) is 0 Å². The van der Waals surface area contributed by atoms with Gasteiger partial charge in [-0.1, -0.05) is 26.3 Å². The summed E-state index contributed by atoms with van der Waals surface area (Å²) in [6.45, 7) is 15.3. The van der Waals surface area contributed by atoms with Gasteiger partial charge in [-0.05, 0) is 68.9 Å². The van der Waals surface area contributed by atoms with E-state index in [0.29, 0.717) is 31.4 Å². The lowest BCUT2D eigenvalue weighted by atomic mass is 9.91. The van der Waals surface area contributed by atoms with Crippen LogP contribution in [0.4, 0.5) is 17.2 Å². The zero-order valence-electron chi connectivity index (χ0n) is 24.9. The first-order valence-electron chi connectivity index (χ1n) is 15.2. The molecule has 0 aliphatic carbocycles. The van der Waals surface area contributed by atoms with Crippen molar-refractivity contribution in [2.24, 2.45) is 5.73 Å². The summed E-state index contributed by atoms with van der Waals surface area (Å²) in [7, 11) is 0. The van der Waals surface area contributed by atoms with Gasteiger partial charge in [-0.25, -0.2) is 9.97 Å². The molecule has 3 saturated heterocycles. The Bertz CT molecular complexity index is 1300. The van der Waals surface area contributed by atoms with Crippen molar-refractivity contribution in [3.05, 3.63) is 53.5 Å². The number of piperidine rings is 2. The summed E-state index contributed by atoms with van der Waals surface area (Å²) < 4.78 is 2.11. The van der Waals surface area contributed by atoms with Gasteiger partial charge < -0.3 is 20.9 Å². The van der Waals surface area contributed by atoms with Gasteiger partial charge in [0.05, 0.1) is 11.4 Å². The lowest BCUT2D eigenvalue weighted by molar-refractivity contribution is -0.127. The number of carbonyl (C=O) groups excluding carboxylic acids is 2. The zero-order valence-corrected chi connectivity index (χ0v) is 25.8. The van der Waals surface area contributed by atoms with Crippen LogP contribution >= 0.6 is 12.8 Å². The number of aromatic nitrogens is 2. The van der Waals surface area contributed by atoms with E-state index in [0.717, 1.165) is 82.0 Å². The van der Waals surface area contributed by atoms with E-state index in [-0.39, 0.29) is 17.5 Å². The Morgan fingerprint density at radius 1 is 1.05 bits per heavy atom. The van der Waals surface area contributed by atoms with Gasteiger partial charge in [-0.15, -0.1) is 0 Å². The highest BCUT2D eigenvalue weighted by atomic mass is 32.1. The molecule has 10 nitrogen and oxygen atoms in total. The molecule has 1 aromatic carbocycles. The van der Waals surface area contributed by atoms with E-state index < -0.39 is 5.91 Å². The van der Waals surface area contributed by atoms with Crippen LogP contribution in [-0.4, -0.2) is 94.3 Å². The molecular formula is C31H44N8O2S. The molecule has 0 bridgehead atoms. The summed E-state index contributed by atoms with van der Waals surface area (Å²) in [4.78, 5) is 41.0. The van der Waals surface area contributed by atoms with Gasteiger partial charge >= 0.3 is 0 Å². The fraction of sp³-hybridized carbons (Fsp3) is 0.548. The lowest BCUT2D eigenvalue weighted by Gasteiger charge is -2.42. The number of nitrogens with one attached hydrogen (secondary N) is 1. The minimum atomic E-state index is -0.607. The Hall–Kier alpha value is -3.15. The van der Waals surface area contributed by atoms with E-state index in [4.69, 9.17) is 10.7 Å². The molecule has 5 rings (SSSR count). The molecule has 11 heteroatoms. The molecule has 3 aliphatic rings. The molecule has 2 aromatic rings. The van der Waals surface area contributed by atoms with Crippen LogP contribution < -0.4 is 16.0 Å². The first kappa shape index (κ1) is 30.3. The largest absolute Gasteiger partial charge is 0.371 e. The SMILES string of the molecule is C=CC(=O)N1CCC(c2nc(Nc3ccc(N4CCC(N5CCN(S)CC5)CC4)c(C)c3)c(C(N)=O)nc2CC)CC1. The highest BCUT2D eigenvalue weighted by Gasteiger charge is 2.29. The number of nitrogens with two attached hydrogens (primary N) is 1. The first-order valence-corrected chi connectivity index (χ1v) is 15.6. The predicted molar refractivity (Wildman–Crippen MR) is 171 cm³/mol. The Morgan fingerprint density at radius 2 is 1.74 bits per heavy atom. The van der Waals surface area contributed by atoms with Crippen molar-refractivity contribution >= 4 is 41.8 Å². The van der Waals surface area contributed by atoms with Crippen LogP contribution in [0.5, 0.6) is 0 Å². The fourth-order valence-corrected chi connectivity index (χ4v) is 6.78. The molecule has 42 heavy (non-hydrogen) atoms. The normalized spacial score (nSPS) is 19.6. The standard InChI is InChI=1S/C31H44N8O2S/c1-4-25-28(22-8-12-38(13-9-22)27(40)5-2)35-31(29(34-25)30(32)41)33-23-6-7-26(21(3)20-23)37-14-10-24(11-15-37)36-16-18-39(42)19-17-36/h5-7,20,22,24,42H,2,4,8-19H2,1,3H3,(H2,32,41)(H,33,35). The molecule has 2 amide bonds. The number of thiol groups is 1. The average molecular weight is 593 g/mol. The van der Waals surface area contributed by atoms with Crippen molar-refractivity contribution in [3.8, 4) is 0 Å². The Morgan fingerprint density at radius 3 is 2.33 bits per heavy atom. The molecule has 0 saturated carbocycles. The molecule has 3 fully saturated rings. The van der Waals surface area contributed by atoms with E-state index in [9.17, 15) is 9.59 Å². The quantitative estimate of drug-likeness (QED) is 0.316. The summed E-state index contributed by atoms with van der Waals surface area (Å²) in [6.07, 6.45) is 5.90. The second kappa shape index (κ2) is 13.4. The minimum absolute atomic E-state index is 0.0443.